The summed E-state index contributed by atoms with van der Waals surface area (Å²) in [7, 11) is 3.84. The molecule has 1 fully saturated rings. The molecule has 104 valence electrons. The predicted molar refractivity (Wildman–Crippen MR) is 65.5 cm³/mol. The summed E-state index contributed by atoms with van der Waals surface area (Å²) in [4.78, 5) is 26.2. The van der Waals surface area contributed by atoms with Crippen LogP contribution in [0.2, 0.25) is 0 Å². The molecular weight excluding hydrogens is 238 g/mol. The highest BCUT2D eigenvalue weighted by molar-refractivity contribution is 5.83. The Kier molecular flexibility index (Phi) is 5.36. The molecule has 0 radical (unpaired) electrons. The van der Waals surface area contributed by atoms with E-state index in [9.17, 15) is 9.59 Å². The SMILES string of the molecule is CC(CNC(=O)N1CCOCC1C(=O)O)N(C)C. The number of nitrogens with one attached hydrogen (secondary N) is 1. The minimum Gasteiger partial charge on any atom is -0.480 e. The molecule has 0 aromatic heterocycles. The molecule has 1 heterocycles. The zero-order chi connectivity index (χ0) is 13.7. The zero-order valence-corrected chi connectivity index (χ0v) is 11.0. The lowest BCUT2D eigenvalue weighted by Crippen LogP contribution is -2.56. The Morgan fingerprint density at radius 1 is 1.56 bits per heavy atom. The second kappa shape index (κ2) is 6.55. The minimum atomic E-state index is -1.04. The van der Waals surface area contributed by atoms with Crippen LogP contribution in [0.4, 0.5) is 4.79 Å². The molecule has 2 N–H and O–H groups in total. The lowest BCUT2D eigenvalue weighted by molar-refractivity contribution is -0.147. The molecule has 1 aliphatic rings. The average Bonchev–Trinajstić information content (AvgIpc) is 2.35. The van der Waals surface area contributed by atoms with Gasteiger partial charge in [-0.15, -0.1) is 0 Å². The number of carboxylic acid groups (broad SMARTS) is 1. The first-order chi connectivity index (χ1) is 8.43. The van der Waals surface area contributed by atoms with Crippen LogP contribution < -0.4 is 5.32 Å². The van der Waals surface area contributed by atoms with Gasteiger partial charge in [-0.3, -0.25) is 0 Å². The Bertz CT molecular complexity index is 309. The van der Waals surface area contributed by atoms with Gasteiger partial charge in [0.2, 0.25) is 0 Å². The van der Waals surface area contributed by atoms with E-state index in [0.29, 0.717) is 19.7 Å². The van der Waals surface area contributed by atoms with Gasteiger partial charge < -0.3 is 25.0 Å². The summed E-state index contributed by atoms with van der Waals surface area (Å²) in [6.45, 7) is 3.19. The van der Waals surface area contributed by atoms with Crippen LogP contribution in [0.25, 0.3) is 0 Å². The van der Waals surface area contributed by atoms with E-state index in [1.165, 1.54) is 4.90 Å². The number of hydrogen-bond acceptors (Lipinski definition) is 4. The van der Waals surface area contributed by atoms with E-state index >= 15 is 0 Å². The molecule has 0 aliphatic carbocycles. The first kappa shape index (κ1) is 14.7. The largest absolute Gasteiger partial charge is 0.480 e. The van der Waals surface area contributed by atoms with Crippen LogP contribution in [0.15, 0.2) is 0 Å². The van der Waals surface area contributed by atoms with Crippen molar-refractivity contribution in [2.75, 3.05) is 40.4 Å². The second-order valence-electron chi connectivity index (χ2n) is 4.62. The lowest BCUT2D eigenvalue weighted by atomic mass is 10.2. The maximum Gasteiger partial charge on any atom is 0.328 e. The zero-order valence-electron chi connectivity index (χ0n) is 11.0. The number of ether oxygens (including phenoxy) is 1. The lowest BCUT2D eigenvalue weighted by Gasteiger charge is -2.33. The molecule has 2 amide bonds. The van der Waals surface area contributed by atoms with Gasteiger partial charge in [0.15, 0.2) is 6.04 Å². The Hall–Kier alpha value is -1.34. The fraction of sp³-hybridized carbons (Fsp3) is 0.818. The van der Waals surface area contributed by atoms with Gasteiger partial charge in [0.25, 0.3) is 0 Å². The number of amides is 2. The van der Waals surface area contributed by atoms with Crippen LogP contribution in [0.1, 0.15) is 6.92 Å². The van der Waals surface area contributed by atoms with Crippen LogP contribution >= 0.6 is 0 Å². The standard InChI is InChI=1S/C11H21N3O4/c1-8(13(2)3)6-12-11(17)14-4-5-18-7-9(14)10(15)16/h8-9H,4-7H2,1-3H3,(H,12,17)(H,15,16). The predicted octanol–water partition coefficient (Wildman–Crippen LogP) is -0.568. The Morgan fingerprint density at radius 3 is 2.78 bits per heavy atom. The Labute approximate surface area is 107 Å². The molecule has 7 nitrogen and oxygen atoms in total. The van der Waals surface area contributed by atoms with E-state index in [1.54, 1.807) is 0 Å². The summed E-state index contributed by atoms with van der Waals surface area (Å²) in [6, 6.07) is -1.05. The van der Waals surface area contributed by atoms with Crippen molar-refractivity contribution in [1.82, 2.24) is 15.1 Å². The first-order valence-electron chi connectivity index (χ1n) is 5.95. The van der Waals surface area contributed by atoms with E-state index in [1.807, 2.05) is 25.9 Å². The molecule has 0 spiro atoms. The topological polar surface area (TPSA) is 82.1 Å². The molecule has 1 rings (SSSR count). The van der Waals surface area contributed by atoms with Gasteiger partial charge in [0.05, 0.1) is 13.2 Å². The van der Waals surface area contributed by atoms with Crippen LogP contribution in [0, 0.1) is 0 Å². The van der Waals surface area contributed by atoms with Crippen molar-refractivity contribution in [3.8, 4) is 0 Å². The highest BCUT2D eigenvalue weighted by Crippen LogP contribution is 2.07. The quantitative estimate of drug-likeness (QED) is 0.706. The number of carbonyl (C=O) groups excluding carboxylic acids is 1. The van der Waals surface area contributed by atoms with Gasteiger partial charge in [-0.05, 0) is 21.0 Å². The van der Waals surface area contributed by atoms with Crippen molar-refractivity contribution in [3.05, 3.63) is 0 Å². The maximum absolute atomic E-state index is 11.9. The fourth-order valence-electron chi connectivity index (χ4n) is 1.57. The summed E-state index contributed by atoms with van der Waals surface area (Å²) < 4.78 is 5.08. The van der Waals surface area contributed by atoms with Gasteiger partial charge in [-0.1, -0.05) is 0 Å². The summed E-state index contributed by atoms with van der Waals surface area (Å²) in [5.41, 5.74) is 0. The van der Waals surface area contributed by atoms with Crippen molar-refractivity contribution in [2.45, 2.75) is 19.0 Å². The summed E-state index contributed by atoms with van der Waals surface area (Å²) in [5.74, 6) is -1.04. The molecule has 2 unspecified atom stereocenters. The van der Waals surface area contributed by atoms with Crippen LogP contribution in [-0.4, -0.2) is 79.4 Å². The smallest absolute Gasteiger partial charge is 0.328 e. The van der Waals surface area contributed by atoms with Crippen molar-refractivity contribution in [1.29, 1.82) is 0 Å². The number of urea groups is 1. The normalized spacial score (nSPS) is 21.8. The third kappa shape index (κ3) is 3.85. The van der Waals surface area contributed by atoms with E-state index in [4.69, 9.17) is 9.84 Å². The van der Waals surface area contributed by atoms with E-state index in [0.717, 1.165) is 0 Å². The van der Waals surface area contributed by atoms with E-state index < -0.39 is 12.0 Å². The third-order valence-corrected chi connectivity index (χ3v) is 3.10. The van der Waals surface area contributed by atoms with E-state index in [2.05, 4.69) is 5.32 Å². The average molecular weight is 259 g/mol. The molecule has 18 heavy (non-hydrogen) atoms. The van der Waals surface area contributed by atoms with Gasteiger partial charge >= 0.3 is 12.0 Å². The van der Waals surface area contributed by atoms with Gasteiger partial charge in [0.1, 0.15) is 0 Å². The number of hydrogen-bond donors (Lipinski definition) is 2. The van der Waals surface area contributed by atoms with Gasteiger partial charge in [-0.2, -0.15) is 0 Å². The summed E-state index contributed by atoms with van der Waals surface area (Å²) in [6.07, 6.45) is 0. The maximum atomic E-state index is 11.9. The molecule has 0 aromatic rings. The van der Waals surface area contributed by atoms with E-state index in [-0.39, 0.29) is 18.7 Å². The highest BCUT2D eigenvalue weighted by Gasteiger charge is 2.32. The fourth-order valence-corrected chi connectivity index (χ4v) is 1.57. The second-order valence-corrected chi connectivity index (χ2v) is 4.62. The number of rotatable bonds is 4. The highest BCUT2D eigenvalue weighted by atomic mass is 16.5. The Morgan fingerprint density at radius 2 is 2.22 bits per heavy atom. The monoisotopic (exact) mass is 259 g/mol. The molecule has 0 bridgehead atoms. The van der Waals surface area contributed by atoms with Crippen molar-refractivity contribution in [3.63, 3.8) is 0 Å². The van der Waals surface area contributed by atoms with Gasteiger partial charge in [0, 0.05) is 19.1 Å². The van der Waals surface area contributed by atoms with Gasteiger partial charge in [-0.25, -0.2) is 9.59 Å². The summed E-state index contributed by atoms with van der Waals surface area (Å²) >= 11 is 0. The first-order valence-corrected chi connectivity index (χ1v) is 5.95. The Balaban J connectivity index is 2.51. The van der Waals surface area contributed by atoms with Crippen molar-refractivity contribution in [2.24, 2.45) is 0 Å². The minimum absolute atomic E-state index is 0.0476. The number of morpholine rings is 1. The van der Waals surface area contributed by atoms with Crippen molar-refractivity contribution >= 4 is 12.0 Å². The van der Waals surface area contributed by atoms with Crippen LogP contribution in [0.3, 0.4) is 0 Å². The third-order valence-electron chi connectivity index (χ3n) is 3.10. The molecule has 1 aliphatic heterocycles. The van der Waals surface area contributed by atoms with Crippen molar-refractivity contribution < 1.29 is 19.4 Å². The summed E-state index contributed by atoms with van der Waals surface area (Å²) in [5, 5.41) is 11.8. The van der Waals surface area contributed by atoms with Crippen LogP contribution in [0.5, 0.6) is 0 Å². The number of carbonyl (C=O) groups is 2. The number of nitrogens with zero attached hydrogens (tertiary/aromatic N) is 2. The molecular formula is C11H21N3O4. The number of aliphatic carboxylic acids is 1. The molecule has 7 heteroatoms. The molecule has 1 saturated heterocycles. The van der Waals surface area contributed by atoms with Crippen LogP contribution in [-0.2, 0) is 9.53 Å². The molecule has 2 atom stereocenters. The number of likely N-dealkylation sites (N-methyl/N-ethyl adjacent to an activating group) is 1. The molecule has 0 aromatic carbocycles. The number of carboxylic acids is 1. The molecule has 0 saturated carbocycles.